The summed E-state index contributed by atoms with van der Waals surface area (Å²) < 4.78 is 0.230. The number of rotatable bonds is 20. The van der Waals surface area contributed by atoms with Crippen molar-refractivity contribution in [2.45, 2.75) is 103 Å². The maximum atomic E-state index is 11.1. The Morgan fingerprint density at radius 2 is 1.53 bits per heavy atom. The number of aliphatic carboxylic acids is 1. The zero-order valence-electron chi connectivity index (χ0n) is 19.3. The second kappa shape index (κ2) is 17.2. The molecule has 2 N–H and O–H groups in total. The van der Waals surface area contributed by atoms with Gasteiger partial charge >= 0.3 is 0 Å². The Morgan fingerprint density at radius 1 is 0.967 bits per heavy atom. The van der Waals surface area contributed by atoms with Crippen LogP contribution in [0.1, 0.15) is 103 Å². The molecule has 0 radical (unpaired) electrons. The molecule has 0 saturated heterocycles. The van der Waals surface area contributed by atoms with E-state index in [0.29, 0.717) is 13.1 Å². The van der Waals surface area contributed by atoms with E-state index in [9.17, 15) is 9.90 Å². The van der Waals surface area contributed by atoms with E-state index in [1.807, 2.05) is 6.20 Å². The third-order valence-electron chi connectivity index (χ3n) is 5.94. The van der Waals surface area contributed by atoms with Crippen LogP contribution in [-0.2, 0) is 4.79 Å². The summed E-state index contributed by atoms with van der Waals surface area (Å²) in [5, 5.41) is 11.1. The zero-order valence-corrected chi connectivity index (χ0v) is 19.3. The van der Waals surface area contributed by atoms with E-state index in [1.54, 1.807) is 6.20 Å². The first-order valence-corrected chi connectivity index (χ1v) is 12.3. The fraction of sp³-hybridized carbons (Fsp3) is 0.760. The number of unbranched alkanes of at least 4 members (excludes halogenated alkanes) is 12. The number of hydrogen-bond donors (Lipinski definition) is 1. The first kappa shape index (κ1) is 26.6. The van der Waals surface area contributed by atoms with E-state index in [-0.39, 0.29) is 11.0 Å². The molecule has 0 amide bonds. The Morgan fingerprint density at radius 3 is 2.10 bits per heavy atom. The Labute approximate surface area is 184 Å². The van der Waals surface area contributed by atoms with Gasteiger partial charge in [0.15, 0.2) is 0 Å². The Balaban J connectivity index is 2.02. The van der Waals surface area contributed by atoms with Crippen LogP contribution in [-0.4, -0.2) is 35.9 Å². The number of nitrogens with two attached hydrogens (primary N) is 1. The van der Waals surface area contributed by atoms with Crippen molar-refractivity contribution in [2.24, 2.45) is 10.7 Å². The van der Waals surface area contributed by atoms with Gasteiger partial charge in [-0.25, -0.2) is 9.48 Å². The lowest BCUT2D eigenvalue weighted by molar-refractivity contribution is -0.780. The van der Waals surface area contributed by atoms with Crippen molar-refractivity contribution in [3.8, 4) is 0 Å². The first-order chi connectivity index (χ1) is 14.6. The average molecular weight is 420 g/mol. The van der Waals surface area contributed by atoms with Gasteiger partial charge in [-0.05, 0) is 32.1 Å². The molecule has 0 bridgehead atoms. The minimum absolute atomic E-state index is 0.0781. The van der Waals surface area contributed by atoms with Gasteiger partial charge in [0.2, 0.25) is 5.84 Å². The summed E-state index contributed by atoms with van der Waals surface area (Å²) in [4.78, 5) is 15.6. The van der Waals surface area contributed by atoms with E-state index in [4.69, 9.17) is 5.73 Å². The molecule has 1 aliphatic heterocycles. The zero-order chi connectivity index (χ0) is 21.9. The first-order valence-electron chi connectivity index (χ1n) is 12.3. The highest BCUT2D eigenvalue weighted by Crippen LogP contribution is 2.20. The summed E-state index contributed by atoms with van der Waals surface area (Å²) in [5.41, 5.74) is 5.69. The Kier molecular flexibility index (Phi) is 15.3. The van der Waals surface area contributed by atoms with E-state index in [2.05, 4.69) is 24.1 Å². The number of aliphatic imine (C=N–C) groups is 1. The molecule has 172 valence electrons. The van der Waals surface area contributed by atoms with Gasteiger partial charge in [-0.2, -0.15) is 0 Å². The van der Waals surface area contributed by atoms with Crippen molar-refractivity contribution in [1.29, 1.82) is 0 Å². The quantitative estimate of drug-likeness (QED) is 0.174. The maximum Gasteiger partial charge on any atom is 0.207 e. The van der Waals surface area contributed by atoms with Crippen LogP contribution < -0.4 is 10.8 Å². The van der Waals surface area contributed by atoms with E-state index < -0.39 is 5.97 Å². The van der Waals surface area contributed by atoms with Gasteiger partial charge in [-0.3, -0.25) is 0 Å². The van der Waals surface area contributed by atoms with E-state index >= 15 is 0 Å². The van der Waals surface area contributed by atoms with Gasteiger partial charge in [-0.1, -0.05) is 76.9 Å². The van der Waals surface area contributed by atoms with Crippen molar-refractivity contribution < 1.29 is 14.4 Å². The highest BCUT2D eigenvalue weighted by Gasteiger charge is 2.34. The van der Waals surface area contributed by atoms with Gasteiger partial charge < -0.3 is 15.6 Å². The smallest absolute Gasteiger partial charge is 0.207 e. The standard InChI is InChI=1S/C25H45N3O2/c1-2-3-4-5-6-7-8-9-10-11-12-13-14-15-16-17-18-24-27-20-22-28(24,21-19-26)23-25(29)30/h13-14,20,22H,2-12,15-19,21,23,26H2,1H3/b14-13+. The predicted octanol–water partition coefficient (Wildman–Crippen LogP) is 4.82. The predicted molar refractivity (Wildman–Crippen MR) is 125 cm³/mol. The third-order valence-corrected chi connectivity index (χ3v) is 5.94. The minimum Gasteiger partial charge on any atom is -0.544 e. The fourth-order valence-corrected chi connectivity index (χ4v) is 4.15. The molecule has 0 aromatic rings. The molecule has 0 spiro atoms. The molecule has 0 aliphatic carbocycles. The summed E-state index contributed by atoms with van der Waals surface area (Å²) in [6.07, 6.45) is 27.2. The molecule has 0 fully saturated rings. The fourth-order valence-electron chi connectivity index (χ4n) is 4.15. The van der Waals surface area contributed by atoms with Gasteiger partial charge in [-0.15, -0.1) is 0 Å². The van der Waals surface area contributed by atoms with Gasteiger partial charge in [0.1, 0.15) is 19.3 Å². The lowest BCUT2D eigenvalue weighted by Crippen LogP contribution is -2.55. The van der Waals surface area contributed by atoms with Crippen LogP contribution in [0.5, 0.6) is 0 Å². The van der Waals surface area contributed by atoms with Gasteiger partial charge in [0, 0.05) is 13.0 Å². The summed E-state index contributed by atoms with van der Waals surface area (Å²) >= 11 is 0. The number of carbonyl (C=O) groups excluding carboxylic acids is 1. The van der Waals surface area contributed by atoms with E-state index in [1.165, 1.54) is 70.6 Å². The number of nitrogens with zero attached hydrogens (tertiary/aromatic N) is 2. The molecule has 1 unspecified atom stereocenters. The Hall–Kier alpha value is -1.46. The van der Waals surface area contributed by atoms with Crippen molar-refractivity contribution in [2.75, 3.05) is 19.6 Å². The van der Waals surface area contributed by atoms with E-state index in [0.717, 1.165) is 31.5 Å². The largest absolute Gasteiger partial charge is 0.544 e. The lowest BCUT2D eigenvalue weighted by Gasteiger charge is -2.32. The monoisotopic (exact) mass is 419 g/mol. The lowest BCUT2D eigenvalue weighted by atomic mass is 10.1. The molecule has 1 heterocycles. The van der Waals surface area contributed by atoms with Crippen LogP contribution in [0.2, 0.25) is 0 Å². The summed E-state index contributed by atoms with van der Waals surface area (Å²) in [6, 6.07) is 0. The number of hydrogen-bond acceptors (Lipinski definition) is 4. The minimum atomic E-state index is -1.06. The number of allylic oxidation sites excluding steroid dienone is 2. The molecular formula is C25H45N3O2. The van der Waals surface area contributed by atoms with Gasteiger partial charge in [0.05, 0.1) is 12.2 Å². The van der Waals surface area contributed by atoms with Crippen LogP contribution in [0, 0.1) is 0 Å². The van der Waals surface area contributed by atoms with Crippen LogP contribution in [0.25, 0.3) is 0 Å². The summed E-state index contributed by atoms with van der Waals surface area (Å²) in [7, 11) is 0. The maximum absolute atomic E-state index is 11.1. The number of quaternary nitrogens is 1. The molecule has 1 atom stereocenters. The molecular weight excluding hydrogens is 374 g/mol. The van der Waals surface area contributed by atoms with Crippen LogP contribution in [0.3, 0.4) is 0 Å². The number of amidine groups is 1. The number of carbonyl (C=O) groups is 1. The van der Waals surface area contributed by atoms with Gasteiger partial charge in [0.25, 0.3) is 0 Å². The molecule has 0 saturated carbocycles. The molecule has 5 nitrogen and oxygen atoms in total. The second-order valence-electron chi connectivity index (χ2n) is 8.61. The molecule has 5 heteroatoms. The Bertz CT molecular complexity index is 543. The topological polar surface area (TPSA) is 78.5 Å². The number of carboxylic acid groups (broad SMARTS) is 1. The average Bonchev–Trinajstić information content (AvgIpc) is 3.09. The van der Waals surface area contributed by atoms with Crippen molar-refractivity contribution in [3.05, 3.63) is 24.6 Å². The summed E-state index contributed by atoms with van der Waals surface area (Å²) in [6.45, 7) is 3.18. The molecule has 30 heavy (non-hydrogen) atoms. The SMILES string of the molecule is CCCCCCCCCCCC/C=C/CCCCC1=NC=C[N+]1(CCN)CC(=O)[O-]. The molecule has 1 rings (SSSR count). The van der Waals surface area contributed by atoms with Crippen molar-refractivity contribution in [3.63, 3.8) is 0 Å². The van der Waals surface area contributed by atoms with Crippen molar-refractivity contribution >= 4 is 11.8 Å². The third kappa shape index (κ3) is 11.7. The van der Waals surface area contributed by atoms with Crippen LogP contribution >= 0.6 is 0 Å². The molecule has 1 aliphatic rings. The highest BCUT2D eigenvalue weighted by molar-refractivity contribution is 5.80. The normalized spacial score (nSPS) is 18.4. The number of carboxylic acids is 1. The highest BCUT2D eigenvalue weighted by atomic mass is 16.4. The van der Waals surface area contributed by atoms with Crippen LogP contribution in [0.15, 0.2) is 29.5 Å². The van der Waals surface area contributed by atoms with Crippen molar-refractivity contribution in [1.82, 2.24) is 0 Å². The molecule has 0 aromatic carbocycles. The second-order valence-corrected chi connectivity index (χ2v) is 8.61. The summed E-state index contributed by atoms with van der Waals surface area (Å²) in [5.74, 6) is -0.156. The van der Waals surface area contributed by atoms with Crippen LogP contribution in [0.4, 0.5) is 0 Å². The molecule has 0 aromatic heterocycles.